The summed E-state index contributed by atoms with van der Waals surface area (Å²) in [4.78, 5) is 0. The minimum Gasteiger partial charge on any atom is -0.393 e. The molecule has 1 aliphatic rings. The van der Waals surface area contributed by atoms with Crippen LogP contribution in [0.4, 0.5) is 0 Å². The zero-order valence-electron chi connectivity index (χ0n) is 9.35. The van der Waals surface area contributed by atoms with Gasteiger partial charge >= 0.3 is 0 Å². The summed E-state index contributed by atoms with van der Waals surface area (Å²) < 4.78 is 2.10. The molecule has 1 aromatic carbocycles. The highest BCUT2D eigenvalue weighted by atomic mass is 16.3. The SMILES string of the molecule is Cn1ccc2cc(C3(N)CC(O)C3)ccc21. The molecule has 0 aliphatic heterocycles. The number of fused-ring (bicyclic) bond motifs is 1. The van der Waals surface area contributed by atoms with E-state index in [1.165, 1.54) is 10.9 Å². The molecule has 3 rings (SSSR count). The van der Waals surface area contributed by atoms with Gasteiger partial charge in [0, 0.05) is 24.3 Å². The lowest BCUT2D eigenvalue weighted by Gasteiger charge is -2.42. The van der Waals surface area contributed by atoms with E-state index in [2.05, 4.69) is 28.8 Å². The van der Waals surface area contributed by atoms with Crippen molar-refractivity contribution in [3.8, 4) is 0 Å². The Balaban J connectivity index is 2.06. The molecular weight excluding hydrogens is 200 g/mol. The first-order valence-electron chi connectivity index (χ1n) is 5.61. The summed E-state index contributed by atoms with van der Waals surface area (Å²) in [5, 5.41) is 10.6. The van der Waals surface area contributed by atoms with E-state index >= 15 is 0 Å². The van der Waals surface area contributed by atoms with Gasteiger partial charge in [0.15, 0.2) is 0 Å². The van der Waals surface area contributed by atoms with Crippen molar-refractivity contribution in [3.63, 3.8) is 0 Å². The number of aromatic nitrogens is 1. The molecule has 84 valence electrons. The minimum absolute atomic E-state index is 0.225. The van der Waals surface area contributed by atoms with Crippen molar-refractivity contribution >= 4 is 10.9 Å². The normalized spacial score (nSPS) is 29.3. The summed E-state index contributed by atoms with van der Waals surface area (Å²) >= 11 is 0. The average molecular weight is 216 g/mol. The first kappa shape index (κ1) is 9.87. The lowest BCUT2D eigenvalue weighted by atomic mass is 9.70. The van der Waals surface area contributed by atoms with Crippen molar-refractivity contribution in [2.75, 3.05) is 0 Å². The molecule has 1 saturated carbocycles. The Morgan fingerprint density at radius 3 is 2.81 bits per heavy atom. The van der Waals surface area contributed by atoms with E-state index in [0.29, 0.717) is 12.8 Å². The smallest absolute Gasteiger partial charge is 0.0582 e. The maximum atomic E-state index is 9.38. The van der Waals surface area contributed by atoms with Gasteiger partial charge in [0.25, 0.3) is 0 Å². The predicted octanol–water partition coefficient (Wildman–Crippen LogP) is 1.49. The number of hydrogen-bond acceptors (Lipinski definition) is 2. The Bertz CT molecular complexity index is 538. The van der Waals surface area contributed by atoms with Crippen LogP contribution >= 0.6 is 0 Å². The van der Waals surface area contributed by atoms with Crippen molar-refractivity contribution in [2.45, 2.75) is 24.5 Å². The van der Waals surface area contributed by atoms with Gasteiger partial charge in [0.2, 0.25) is 0 Å². The topological polar surface area (TPSA) is 51.2 Å². The number of nitrogens with zero attached hydrogens (tertiary/aromatic N) is 1. The number of nitrogens with two attached hydrogens (primary N) is 1. The fraction of sp³-hybridized carbons (Fsp3) is 0.385. The predicted molar refractivity (Wildman–Crippen MR) is 64.0 cm³/mol. The zero-order chi connectivity index (χ0) is 11.3. The maximum absolute atomic E-state index is 9.38. The first-order chi connectivity index (χ1) is 7.58. The lowest BCUT2D eigenvalue weighted by molar-refractivity contribution is 0.0210. The summed E-state index contributed by atoms with van der Waals surface area (Å²) in [6.45, 7) is 0. The molecule has 0 spiro atoms. The molecule has 0 unspecified atom stereocenters. The first-order valence-corrected chi connectivity index (χ1v) is 5.61. The molecule has 1 aromatic heterocycles. The Hall–Kier alpha value is -1.32. The second kappa shape index (κ2) is 3.09. The molecule has 0 amide bonds. The summed E-state index contributed by atoms with van der Waals surface area (Å²) in [5.74, 6) is 0. The highest BCUT2D eigenvalue weighted by Crippen LogP contribution is 2.39. The highest BCUT2D eigenvalue weighted by Gasteiger charge is 2.41. The fourth-order valence-corrected chi connectivity index (χ4v) is 2.61. The molecule has 3 N–H and O–H groups in total. The van der Waals surface area contributed by atoms with Crippen LogP contribution in [-0.4, -0.2) is 15.8 Å². The van der Waals surface area contributed by atoms with Crippen molar-refractivity contribution < 1.29 is 5.11 Å². The molecule has 2 aromatic rings. The van der Waals surface area contributed by atoms with Crippen LogP contribution in [0.5, 0.6) is 0 Å². The third-order valence-electron chi connectivity index (χ3n) is 3.66. The fourth-order valence-electron chi connectivity index (χ4n) is 2.61. The average Bonchev–Trinajstić information content (AvgIpc) is 2.58. The van der Waals surface area contributed by atoms with Gasteiger partial charge in [0.1, 0.15) is 0 Å². The van der Waals surface area contributed by atoms with Crippen molar-refractivity contribution in [3.05, 3.63) is 36.0 Å². The Labute approximate surface area is 94.5 Å². The monoisotopic (exact) mass is 216 g/mol. The summed E-state index contributed by atoms with van der Waals surface area (Å²) in [7, 11) is 2.04. The van der Waals surface area contributed by atoms with Crippen LogP contribution in [-0.2, 0) is 12.6 Å². The number of aliphatic hydroxyl groups excluding tert-OH is 1. The van der Waals surface area contributed by atoms with E-state index in [-0.39, 0.29) is 11.6 Å². The number of rotatable bonds is 1. The zero-order valence-corrected chi connectivity index (χ0v) is 9.35. The van der Waals surface area contributed by atoms with Gasteiger partial charge in [-0.05, 0) is 42.0 Å². The summed E-state index contributed by atoms with van der Waals surface area (Å²) in [6.07, 6.45) is 3.17. The Morgan fingerprint density at radius 2 is 2.12 bits per heavy atom. The Kier molecular flexibility index (Phi) is 1.91. The van der Waals surface area contributed by atoms with Gasteiger partial charge < -0.3 is 15.4 Å². The van der Waals surface area contributed by atoms with E-state index in [1.807, 2.05) is 13.2 Å². The van der Waals surface area contributed by atoms with Crippen LogP contribution in [0.15, 0.2) is 30.5 Å². The second-order valence-electron chi connectivity index (χ2n) is 4.92. The van der Waals surface area contributed by atoms with E-state index in [4.69, 9.17) is 5.73 Å². The molecule has 0 bridgehead atoms. The van der Waals surface area contributed by atoms with E-state index < -0.39 is 0 Å². The van der Waals surface area contributed by atoms with E-state index in [1.54, 1.807) is 0 Å². The van der Waals surface area contributed by atoms with Gasteiger partial charge in [-0.1, -0.05) is 6.07 Å². The Morgan fingerprint density at radius 1 is 1.38 bits per heavy atom. The van der Waals surface area contributed by atoms with Crippen LogP contribution in [0.25, 0.3) is 10.9 Å². The maximum Gasteiger partial charge on any atom is 0.0582 e. The third kappa shape index (κ3) is 1.29. The number of benzene rings is 1. The quantitative estimate of drug-likeness (QED) is 0.758. The molecule has 3 nitrogen and oxygen atoms in total. The van der Waals surface area contributed by atoms with Crippen molar-refractivity contribution in [1.82, 2.24) is 4.57 Å². The third-order valence-corrected chi connectivity index (χ3v) is 3.66. The van der Waals surface area contributed by atoms with Gasteiger partial charge in [-0.25, -0.2) is 0 Å². The van der Waals surface area contributed by atoms with Crippen LogP contribution < -0.4 is 5.73 Å². The van der Waals surface area contributed by atoms with Crippen molar-refractivity contribution in [1.29, 1.82) is 0 Å². The highest BCUT2D eigenvalue weighted by molar-refractivity contribution is 5.81. The molecule has 3 heteroatoms. The summed E-state index contributed by atoms with van der Waals surface area (Å²) in [6, 6.07) is 8.41. The number of aliphatic hydroxyl groups is 1. The molecule has 0 saturated heterocycles. The molecular formula is C13H16N2O. The number of hydrogen-bond donors (Lipinski definition) is 2. The summed E-state index contributed by atoms with van der Waals surface area (Å²) in [5.41, 5.74) is 8.28. The van der Waals surface area contributed by atoms with Crippen LogP contribution in [0.3, 0.4) is 0 Å². The van der Waals surface area contributed by atoms with Crippen LogP contribution in [0, 0.1) is 0 Å². The van der Waals surface area contributed by atoms with Crippen LogP contribution in [0.1, 0.15) is 18.4 Å². The van der Waals surface area contributed by atoms with Crippen LogP contribution in [0.2, 0.25) is 0 Å². The van der Waals surface area contributed by atoms with Gasteiger partial charge in [-0.15, -0.1) is 0 Å². The molecule has 0 atom stereocenters. The number of aryl methyl sites for hydroxylation is 1. The van der Waals surface area contributed by atoms with Gasteiger partial charge in [-0.2, -0.15) is 0 Å². The van der Waals surface area contributed by atoms with Gasteiger partial charge in [0.05, 0.1) is 6.10 Å². The van der Waals surface area contributed by atoms with Crippen molar-refractivity contribution in [2.24, 2.45) is 12.8 Å². The van der Waals surface area contributed by atoms with E-state index in [0.717, 1.165) is 5.56 Å². The molecule has 16 heavy (non-hydrogen) atoms. The second-order valence-corrected chi connectivity index (χ2v) is 4.92. The van der Waals surface area contributed by atoms with Gasteiger partial charge in [-0.3, -0.25) is 0 Å². The lowest BCUT2D eigenvalue weighted by Crippen LogP contribution is -2.51. The molecule has 1 heterocycles. The minimum atomic E-state index is -0.316. The molecule has 0 radical (unpaired) electrons. The molecule has 1 aliphatic carbocycles. The molecule has 1 fully saturated rings. The largest absolute Gasteiger partial charge is 0.393 e. The standard InChI is InChI=1S/C13H16N2O/c1-15-5-4-9-6-10(2-3-12(9)15)13(14)7-11(16)8-13/h2-6,11,16H,7-8,14H2,1H3. The van der Waals surface area contributed by atoms with E-state index in [9.17, 15) is 5.11 Å².